The maximum atomic E-state index is 5.81. The van der Waals surface area contributed by atoms with Gasteiger partial charge in [-0.2, -0.15) is 0 Å². The van der Waals surface area contributed by atoms with Gasteiger partial charge in [0.05, 0.1) is 0 Å². The average Bonchev–Trinajstić information content (AvgIpc) is 1.83. The van der Waals surface area contributed by atoms with Gasteiger partial charge < -0.3 is 0 Å². The molecule has 0 fully saturated rings. The minimum absolute atomic E-state index is 0. The fourth-order valence-corrected chi connectivity index (χ4v) is 0.937. The molecule has 54 valence electrons. The summed E-state index contributed by atoms with van der Waals surface area (Å²) in [6.45, 7) is 4.08. The van der Waals surface area contributed by atoms with Crippen LogP contribution in [0.25, 0.3) is 0 Å². The topological polar surface area (TPSA) is 0 Å². The zero-order valence-electron chi connectivity index (χ0n) is 6.32. The van der Waals surface area contributed by atoms with Crippen molar-refractivity contribution >= 4 is 35.5 Å². The second-order valence-corrected chi connectivity index (χ2v) is 2.59. The van der Waals surface area contributed by atoms with Crippen molar-refractivity contribution < 1.29 is 0 Å². The molecule has 1 rings (SSSR count). The van der Waals surface area contributed by atoms with E-state index in [0.29, 0.717) is 0 Å². The number of rotatable bonds is 0. The van der Waals surface area contributed by atoms with Gasteiger partial charge in [-0.15, -0.1) is 0 Å². The molecule has 0 aliphatic rings. The second kappa shape index (κ2) is 4.24. The molecule has 10 heavy (non-hydrogen) atoms. The summed E-state index contributed by atoms with van der Waals surface area (Å²) in [5.41, 5.74) is 2.43. The van der Waals surface area contributed by atoms with Gasteiger partial charge in [-0.25, -0.2) is 0 Å². The van der Waals surface area contributed by atoms with E-state index >= 15 is 0 Å². The van der Waals surface area contributed by atoms with Crippen molar-refractivity contribution in [2.24, 2.45) is 0 Å². The molecule has 0 heterocycles. The van der Waals surface area contributed by atoms with Crippen LogP contribution in [0.2, 0.25) is 5.02 Å². The van der Waals surface area contributed by atoms with Crippen LogP contribution in [0.3, 0.4) is 0 Å². The van der Waals surface area contributed by atoms with E-state index in [4.69, 9.17) is 11.6 Å². The van der Waals surface area contributed by atoms with Crippen molar-refractivity contribution in [2.45, 2.75) is 13.8 Å². The zero-order chi connectivity index (χ0) is 6.85. The molecule has 0 aliphatic heterocycles. The first-order valence-corrected chi connectivity index (χ1v) is 3.31. The van der Waals surface area contributed by atoms with E-state index in [1.54, 1.807) is 0 Å². The van der Waals surface area contributed by atoms with Crippen molar-refractivity contribution in [3.05, 3.63) is 34.3 Å². The standard InChI is InChI=1S/C8H9Cl.Sn.2H/c1-6-4-3-5-8(9)7(6)2;;;/h3-5H,1-2H3;;;. The number of halogens is 1. The summed E-state index contributed by atoms with van der Waals surface area (Å²) in [6, 6.07) is 5.93. The molecule has 0 atom stereocenters. The minimum atomic E-state index is 0. The van der Waals surface area contributed by atoms with Gasteiger partial charge in [-0.05, 0) is 31.0 Å². The number of benzene rings is 1. The normalized spacial score (nSPS) is 8.70. The van der Waals surface area contributed by atoms with Gasteiger partial charge in [0.25, 0.3) is 0 Å². The molecular weight excluding hydrogens is 250 g/mol. The second-order valence-electron chi connectivity index (χ2n) is 2.18. The molecular formula is C8H11ClSn. The summed E-state index contributed by atoms with van der Waals surface area (Å²) in [4.78, 5) is 0. The quantitative estimate of drug-likeness (QED) is 0.627. The SMILES string of the molecule is Cc1cccc(Cl)c1C.[SnH2]. The molecule has 0 spiro atoms. The number of hydrogen-bond donors (Lipinski definition) is 0. The van der Waals surface area contributed by atoms with Gasteiger partial charge in [0, 0.05) is 5.02 Å². The van der Waals surface area contributed by atoms with Gasteiger partial charge in [0.1, 0.15) is 0 Å². The maximum absolute atomic E-state index is 5.81. The molecule has 0 saturated carbocycles. The summed E-state index contributed by atoms with van der Waals surface area (Å²) in [7, 11) is 0. The predicted octanol–water partition coefficient (Wildman–Crippen LogP) is 2.04. The number of hydrogen-bond acceptors (Lipinski definition) is 0. The van der Waals surface area contributed by atoms with Gasteiger partial charge >= 0.3 is 23.9 Å². The molecule has 0 N–H and O–H groups in total. The van der Waals surface area contributed by atoms with Crippen LogP contribution >= 0.6 is 11.6 Å². The van der Waals surface area contributed by atoms with Crippen LogP contribution in [-0.4, -0.2) is 23.9 Å². The Morgan fingerprint density at radius 3 is 2.20 bits per heavy atom. The molecule has 1 aromatic carbocycles. The van der Waals surface area contributed by atoms with Crippen LogP contribution in [0.4, 0.5) is 0 Å². The van der Waals surface area contributed by atoms with Crippen LogP contribution in [-0.2, 0) is 0 Å². The van der Waals surface area contributed by atoms with E-state index < -0.39 is 0 Å². The summed E-state index contributed by atoms with van der Waals surface area (Å²) < 4.78 is 0. The van der Waals surface area contributed by atoms with Gasteiger partial charge in [0.2, 0.25) is 0 Å². The Labute approximate surface area is 83.5 Å². The van der Waals surface area contributed by atoms with Crippen LogP contribution in [0.1, 0.15) is 11.1 Å². The van der Waals surface area contributed by atoms with Crippen molar-refractivity contribution in [1.82, 2.24) is 0 Å². The van der Waals surface area contributed by atoms with E-state index in [1.807, 2.05) is 19.1 Å². The third kappa shape index (κ3) is 2.17. The fraction of sp³-hybridized carbons (Fsp3) is 0.250. The Hall–Kier alpha value is 0.309. The first-order chi connectivity index (χ1) is 4.22. The van der Waals surface area contributed by atoms with E-state index in [1.165, 1.54) is 11.1 Å². The summed E-state index contributed by atoms with van der Waals surface area (Å²) in [5.74, 6) is 0. The zero-order valence-corrected chi connectivity index (χ0v) is 11.1. The van der Waals surface area contributed by atoms with Gasteiger partial charge in [-0.1, -0.05) is 23.7 Å². The fourth-order valence-electron chi connectivity index (χ4n) is 0.715. The van der Waals surface area contributed by atoms with Crippen LogP contribution in [0.15, 0.2) is 18.2 Å². The van der Waals surface area contributed by atoms with E-state index in [0.717, 1.165) is 5.02 Å². The Kier molecular flexibility index (Phi) is 4.37. The molecule has 0 bridgehead atoms. The van der Waals surface area contributed by atoms with Crippen molar-refractivity contribution in [3.63, 3.8) is 0 Å². The predicted molar refractivity (Wildman–Crippen MR) is 49.5 cm³/mol. The van der Waals surface area contributed by atoms with E-state index in [-0.39, 0.29) is 23.9 Å². The van der Waals surface area contributed by atoms with Crippen LogP contribution in [0, 0.1) is 13.8 Å². The third-order valence-electron chi connectivity index (χ3n) is 1.54. The Bertz CT molecular complexity index is 200. The summed E-state index contributed by atoms with van der Waals surface area (Å²) in [5, 5.41) is 0.856. The van der Waals surface area contributed by atoms with Crippen molar-refractivity contribution in [3.8, 4) is 0 Å². The van der Waals surface area contributed by atoms with Crippen LogP contribution in [0.5, 0.6) is 0 Å². The molecule has 2 heteroatoms. The molecule has 0 aromatic heterocycles. The first kappa shape index (κ1) is 10.3. The van der Waals surface area contributed by atoms with Crippen LogP contribution < -0.4 is 0 Å². The van der Waals surface area contributed by atoms with Crippen molar-refractivity contribution in [1.29, 1.82) is 0 Å². The van der Waals surface area contributed by atoms with E-state index in [9.17, 15) is 0 Å². The average molecular weight is 261 g/mol. The van der Waals surface area contributed by atoms with Gasteiger partial charge in [-0.3, -0.25) is 0 Å². The molecule has 0 aliphatic carbocycles. The Morgan fingerprint density at radius 1 is 1.20 bits per heavy atom. The Balaban J connectivity index is 0.000000810. The number of aryl methyl sites for hydroxylation is 1. The molecule has 0 amide bonds. The Morgan fingerprint density at radius 2 is 1.80 bits per heavy atom. The van der Waals surface area contributed by atoms with Gasteiger partial charge in [0.15, 0.2) is 0 Å². The monoisotopic (exact) mass is 262 g/mol. The third-order valence-corrected chi connectivity index (χ3v) is 1.95. The molecule has 2 radical (unpaired) electrons. The molecule has 1 aromatic rings. The molecule has 0 saturated heterocycles. The summed E-state index contributed by atoms with van der Waals surface area (Å²) >= 11 is 5.81. The molecule has 0 nitrogen and oxygen atoms in total. The van der Waals surface area contributed by atoms with E-state index in [2.05, 4.69) is 13.0 Å². The first-order valence-electron chi connectivity index (χ1n) is 2.93. The van der Waals surface area contributed by atoms with Crippen molar-refractivity contribution in [2.75, 3.05) is 0 Å². The summed E-state index contributed by atoms with van der Waals surface area (Å²) in [6.07, 6.45) is 0. The molecule has 0 unspecified atom stereocenters.